The van der Waals surface area contributed by atoms with Crippen molar-refractivity contribution in [1.82, 2.24) is 4.98 Å². The standard InChI is InChI=1S/C13H8Cl2FNO/c14-10-3-1-2-8(13(10)16)6-11(18)9-4-5-12(15)17-7-9/h1-5,7H,6H2. The molecule has 0 N–H and O–H groups in total. The van der Waals surface area contributed by atoms with Crippen molar-refractivity contribution >= 4 is 29.0 Å². The monoisotopic (exact) mass is 283 g/mol. The van der Waals surface area contributed by atoms with Gasteiger partial charge in [0.2, 0.25) is 0 Å². The summed E-state index contributed by atoms with van der Waals surface area (Å²) >= 11 is 11.3. The number of carbonyl (C=O) groups excluding carboxylic acids is 1. The average molecular weight is 284 g/mol. The molecular formula is C13H8Cl2FNO. The first-order valence-electron chi connectivity index (χ1n) is 5.15. The van der Waals surface area contributed by atoms with Crippen LogP contribution in [0.2, 0.25) is 10.2 Å². The van der Waals surface area contributed by atoms with Gasteiger partial charge in [-0.15, -0.1) is 0 Å². The van der Waals surface area contributed by atoms with Crippen LogP contribution in [0.3, 0.4) is 0 Å². The first-order valence-corrected chi connectivity index (χ1v) is 5.91. The summed E-state index contributed by atoms with van der Waals surface area (Å²) in [4.78, 5) is 15.7. The molecule has 1 aromatic heterocycles. The number of hydrogen-bond donors (Lipinski definition) is 0. The molecule has 0 saturated carbocycles. The third-order valence-electron chi connectivity index (χ3n) is 2.43. The van der Waals surface area contributed by atoms with Gasteiger partial charge in [0.15, 0.2) is 5.78 Å². The van der Waals surface area contributed by atoms with E-state index in [1.165, 1.54) is 24.4 Å². The molecule has 0 spiro atoms. The summed E-state index contributed by atoms with van der Waals surface area (Å²) in [7, 11) is 0. The minimum absolute atomic E-state index is 0.00883. The Morgan fingerprint density at radius 3 is 2.67 bits per heavy atom. The van der Waals surface area contributed by atoms with Gasteiger partial charge < -0.3 is 0 Å². The Labute approximate surface area is 113 Å². The van der Waals surface area contributed by atoms with E-state index in [9.17, 15) is 9.18 Å². The minimum atomic E-state index is -0.561. The van der Waals surface area contributed by atoms with Crippen molar-refractivity contribution in [1.29, 1.82) is 0 Å². The number of nitrogens with zero attached hydrogens (tertiary/aromatic N) is 1. The maximum absolute atomic E-state index is 13.6. The molecule has 2 nitrogen and oxygen atoms in total. The molecule has 18 heavy (non-hydrogen) atoms. The van der Waals surface area contributed by atoms with E-state index in [2.05, 4.69) is 4.98 Å². The molecule has 0 aliphatic carbocycles. The molecule has 2 rings (SSSR count). The van der Waals surface area contributed by atoms with Crippen LogP contribution >= 0.6 is 23.2 Å². The van der Waals surface area contributed by atoms with Gasteiger partial charge in [0.1, 0.15) is 11.0 Å². The molecule has 1 aromatic carbocycles. The van der Waals surface area contributed by atoms with Gasteiger partial charge in [-0.05, 0) is 23.8 Å². The van der Waals surface area contributed by atoms with Gasteiger partial charge in [-0.2, -0.15) is 0 Å². The molecule has 0 fully saturated rings. The van der Waals surface area contributed by atoms with Gasteiger partial charge in [0.25, 0.3) is 0 Å². The normalized spacial score (nSPS) is 10.4. The number of pyridine rings is 1. The zero-order chi connectivity index (χ0) is 13.1. The second kappa shape index (κ2) is 5.46. The fraction of sp³-hybridized carbons (Fsp3) is 0.0769. The van der Waals surface area contributed by atoms with Crippen molar-refractivity contribution in [2.45, 2.75) is 6.42 Å². The summed E-state index contributed by atoms with van der Waals surface area (Å²) in [6, 6.07) is 7.65. The molecule has 0 atom stereocenters. The van der Waals surface area contributed by atoms with Crippen molar-refractivity contribution in [2.24, 2.45) is 0 Å². The maximum atomic E-state index is 13.6. The Balaban J connectivity index is 2.21. The van der Waals surface area contributed by atoms with Gasteiger partial charge in [-0.3, -0.25) is 4.79 Å². The zero-order valence-corrected chi connectivity index (χ0v) is 10.7. The largest absolute Gasteiger partial charge is 0.294 e. The van der Waals surface area contributed by atoms with Gasteiger partial charge in [-0.1, -0.05) is 35.3 Å². The van der Waals surface area contributed by atoms with Crippen LogP contribution in [-0.4, -0.2) is 10.8 Å². The topological polar surface area (TPSA) is 30.0 Å². The molecule has 0 unspecified atom stereocenters. The second-order valence-corrected chi connectivity index (χ2v) is 4.48. The molecule has 0 aliphatic rings. The molecule has 0 amide bonds. The summed E-state index contributed by atoms with van der Waals surface area (Å²) < 4.78 is 13.6. The fourth-order valence-electron chi connectivity index (χ4n) is 1.50. The highest BCUT2D eigenvalue weighted by Crippen LogP contribution is 2.19. The van der Waals surface area contributed by atoms with Crippen LogP contribution < -0.4 is 0 Å². The van der Waals surface area contributed by atoms with Crippen LogP contribution in [-0.2, 0) is 6.42 Å². The Hall–Kier alpha value is -1.45. The molecule has 5 heteroatoms. The van der Waals surface area contributed by atoms with Crippen LogP contribution in [0.5, 0.6) is 0 Å². The zero-order valence-electron chi connectivity index (χ0n) is 9.16. The summed E-state index contributed by atoms with van der Waals surface area (Å²) in [5.41, 5.74) is 0.654. The number of hydrogen-bond acceptors (Lipinski definition) is 2. The van der Waals surface area contributed by atoms with Crippen LogP contribution in [0.1, 0.15) is 15.9 Å². The van der Waals surface area contributed by atoms with Crippen molar-refractivity contribution < 1.29 is 9.18 Å². The Kier molecular flexibility index (Phi) is 3.94. The predicted octanol–water partition coefficient (Wildman–Crippen LogP) is 3.95. The lowest BCUT2D eigenvalue weighted by molar-refractivity contribution is 0.0991. The van der Waals surface area contributed by atoms with Crippen molar-refractivity contribution in [2.75, 3.05) is 0 Å². The smallest absolute Gasteiger partial charge is 0.168 e. The van der Waals surface area contributed by atoms with E-state index in [0.29, 0.717) is 10.7 Å². The number of rotatable bonds is 3. The third kappa shape index (κ3) is 2.86. The fourth-order valence-corrected chi connectivity index (χ4v) is 1.81. The van der Waals surface area contributed by atoms with Crippen LogP contribution in [0.4, 0.5) is 4.39 Å². The predicted molar refractivity (Wildman–Crippen MR) is 68.7 cm³/mol. The lowest BCUT2D eigenvalue weighted by Crippen LogP contribution is -2.05. The van der Waals surface area contributed by atoms with Gasteiger partial charge in [0, 0.05) is 18.2 Å². The van der Waals surface area contributed by atoms with Crippen LogP contribution in [0.15, 0.2) is 36.5 Å². The SMILES string of the molecule is O=C(Cc1cccc(Cl)c1F)c1ccc(Cl)nc1. The second-order valence-electron chi connectivity index (χ2n) is 3.68. The van der Waals surface area contributed by atoms with Crippen LogP contribution in [0, 0.1) is 5.82 Å². The van der Waals surface area contributed by atoms with Gasteiger partial charge >= 0.3 is 0 Å². The lowest BCUT2D eigenvalue weighted by Gasteiger charge is -2.04. The molecule has 0 saturated heterocycles. The number of Topliss-reactive ketones (excluding diaryl/α,β-unsaturated/α-hetero) is 1. The van der Waals surface area contributed by atoms with Gasteiger partial charge in [0.05, 0.1) is 5.02 Å². The molecule has 0 aliphatic heterocycles. The number of carbonyl (C=O) groups is 1. The Bertz CT molecular complexity index is 584. The highest BCUT2D eigenvalue weighted by atomic mass is 35.5. The van der Waals surface area contributed by atoms with Crippen LogP contribution in [0.25, 0.3) is 0 Å². The van der Waals surface area contributed by atoms with E-state index < -0.39 is 5.82 Å². The summed E-state index contributed by atoms with van der Waals surface area (Å²) in [5, 5.41) is 0.315. The van der Waals surface area contributed by atoms with Crippen molar-refractivity contribution in [3.05, 3.63) is 63.6 Å². The summed E-state index contributed by atoms with van der Waals surface area (Å²) in [5.74, 6) is -0.797. The van der Waals surface area contributed by atoms with E-state index in [4.69, 9.17) is 23.2 Å². The quantitative estimate of drug-likeness (QED) is 0.631. The highest BCUT2D eigenvalue weighted by molar-refractivity contribution is 6.30. The maximum Gasteiger partial charge on any atom is 0.168 e. The van der Waals surface area contributed by atoms with E-state index in [1.54, 1.807) is 12.1 Å². The Morgan fingerprint density at radius 2 is 2.00 bits per heavy atom. The number of benzene rings is 1. The first kappa shape index (κ1) is 13.0. The first-order chi connectivity index (χ1) is 8.58. The molecule has 1 heterocycles. The van der Waals surface area contributed by atoms with E-state index >= 15 is 0 Å². The number of halogens is 3. The highest BCUT2D eigenvalue weighted by Gasteiger charge is 2.12. The molecule has 2 aromatic rings. The molecule has 0 radical (unpaired) electrons. The van der Waals surface area contributed by atoms with E-state index in [-0.39, 0.29) is 22.8 Å². The van der Waals surface area contributed by atoms with E-state index in [0.717, 1.165) is 0 Å². The van der Waals surface area contributed by atoms with Crippen molar-refractivity contribution in [3.63, 3.8) is 0 Å². The summed E-state index contributed by atoms with van der Waals surface area (Å²) in [6.07, 6.45) is 1.31. The average Bonchev–Trinajstić information content (AvgIpc) is 2.36. The third-order valence-corrected chi connectivity index (χ3v) is 2.95. The molecule has 92 valence electrons. The summed E-state index contributed by atoms with van der Waals surface area (Å²) in [6.45, 7) is 0. The van der Waals surface area contributed by atoms with Gasteiger partial charge in [-0.25, -0.2) is 9.37 Å². The lowest BCUT2D eigenvalue weighted by atomic mass is 10.0. The van der Waals surface area contributed by atoms with Crippen molar-refractivity contribution in [3.8, 4) is 0 Å². The molecular weight excluding hydrogens is 276 g/mol. The Morgan fingerprint density at radius 1 is 1.22 bits per heavy atom. The number of ketones is 1. The van der Waals surface area contributed by atoms with E-state index in [1.807, 2.05) is 0 Å². The number of aromatic nitrogens is 1. The minimum Gasteiger partial charge on any atom is -0.294 e. The molecule has 0 bridgehead atoms.